The Hall–Kier alpha value is -4.74. The van der Waals surface area contributed by atoms with E-state index in [4.69, 9.17) is 28.1 Å². The molecule has 39 heavy (non-hydrogen) atoms. The summed E-state index contributed by atoms with van der Waals surface area (Å²) in [5.74, 6) is 3.49. The summed E-state index contributed by atoms with van der Waals surface area (Å²) < 4.78 is 33.1. The molecular formula is C27H27N5O7. The first-order chi connectivity index (χ1) is 19.1. The number of nitrogens with one attached hydrogen (secondary N) is 1. The van der Waals surface area contributed by atoms with Gasteiger partial charge in [0, 0.05) is 24.2 Å². The first-order valence-electron chi connectivity index (χ1n) is 12.5. The van der Waals surface area contributed by atoms with Crippen LogP contribution in [0.2, 0.25) is 0 Å². The Morgan fingerprint density at radius 3 is 2.54 bits per heavy atom. The number of H-pyrrole nitrogens is 1. The van der Waals surface area contributed by atoms with Crippen molar-refractivity contribution in [2.24, 2.45) is 0 Å². The molecule has 0 aliphatic carbocycles. The van der Waals surface area contributed by atoms with Crippen molar-refractivity contribution in [1.29, 1.82) is 0 Å². The van der Waals surface area contributed by atoms with Crippen LogP contribution in [0.25, 0.3) is 22.7 Å². The molecule has 1 unspecified atom stereocenters. The molecule has 0 spiro atoms. The van der Waals surface area contributed by atoms with E-state index >= 15 is 0 Å². The van der Waals surface area contributed by atoms with Crippen molar-refractivity contribution < 1.29 is 32.9 Å². The van der Waals surface area contributed by atoms with E-state index in [0.29, 0.717) is 65.0 Å². The molecule has 4 aromatic rings. The topological polar surface area (TPSA) is 134 Å². The Labute approximate surface area is 223 Å². The molecule has 12 heteroatoms. The Morgan fingerprint density at radius 2 is 1.77 bits per heavy atom. The maximum atomic E-state index is 13.4. The normalized spacial score (nSPS) is 16.3. The van der Waals surface area contributed by atoms with Crippen molar-refractivity contribution in [3.8, 4) is 51.5 Å². The molecule has 0 bridgehead atoms. The van der Waals surface area contributed by atoms with Crippen LogP contribution < -0.4 is 23.7 Å². The van der Waals surface area contributed by atoms with Gasteiger partial charge in [0.05, 0.1) is 32.9 Å². The smallest absolute Gasteiger partial charge is 0.271 e. The number of aromatic amines is 1. The summed E-state index contributed by atoms with van der Waals surface area (Å²) in [6.45, 7) is 1.28. The van der Waals surface area contributed by atoms with Gasteiger partial charge >= 0.3 is 0 Å². The van der Waals surface area contributed by atoms with Gasteiger partial charge < -0.3 is 33.0 Å². The maximum absolute atomic E-state index is 13.4. The van der Waals surface area contributed by atoms with Crippen LogP contribution in [0.5, 0.6) is 28.7 Å². The van der Waals surface area contributed by atoms with Gasteiger partial charge in [-0.15, -0.1) is 10.2 Å². The molecular weight excluding hydrogens is 506 g/mol. The summed E-state index contributed by atoms with van der Waals surface area (Å²) in [5.41, 5.74) is 2.43. The molecule has 1 N–H and O–H groups in total. The van der Waals surface area contributed by atoms with E-state index in [1.54, 1.807) is 44.4 Å². The summed E-state index contributed by atoms with van der Waals surface area (Å²) >= 11 is 0. The van der Waals surface area contributed by atoms with E-state index in [0.717, 1.165) is 24.0 Å². The molecule has 0 saturated carbocycles. The van der Waals surface area contributed by atoms with Crippen LogP contribution in [0.1, 0.15) is 35.1 Å². The van der Waals surface area contributed by atoms with E-state index in [1.807, 2.05) is 18.2 Å². The predicted molar refractivity (Wildman–Crippen MR) is 137 cm³/mol. The average Bonchev–Trinajstić information content (AvgIpc) is 3.76. The number of hydrogen-bond acceptors (Lipinski definition) is 10. The van der Waals surface area contributed by atoms with Gasteiger partial charge in [-0.2, -0.15) is 5.10 Å². The van der Waals surface area contributed by atoms with Crippen molar-refractivity contribution >= 4 is 5.91 Å². The number of hydrogen-bond donors (Lipinski definition) is 1. The Morgan fingerprint density at radius 1 is 0.974 bits per heavy atom. The highest BCUT2D eigenvalue weighted by Gasteiger charge is 2.30. The number of carbonyl (C=O) groups excluding carboxylic acids is 1. The number of likely N-dealkylation sites (tertiary alicyclic amines) is 1. The highest BCUT2D eigenvalue weighted by atomic mass is 16.7. The highest BCUT2D eigenvalue weighted by molar-refractivity contribution is 5.93. The van der Waals surface area contributed by atoms with Gasteiger partial charge in [-0.1, -0.05) is 0 Å². The number of fused-ring (bicyclic) bond motifs is 1. The van der Waals surface area contributed by atoms with Crippen molar-refractivity contribution in [2.75, 3.05) is 41.2 Å². The van der Waals surface area contributed by atoms with Gasteiger partial charge in [0.25, 0.3) is 5.91 Å². The lowest BCUT2D eigenvalue weighted by Crippen LogP contribution is -2.39. The number of carbonyl (C=O) groups is 1. The average molecular weight is 534 g/mol. The SMILES string of the molecule is COc1cc(-c2cc(C(=O)N3CCCC(c4nnc(-c5ccc6c(c5)OCO6)o4)C3)[nH]n2)cc(OC)c1OC. The molecule has 2 aliphatic heterocycles. The van der Waals surface area contributed by atoms with Crippen LogP contribution in [-0.4, -0.2) is 72.4 Å². The quantitative estimate of drug-likeness (QED) is 0.373. The van der Waals surface area contributed by atoms with E-state index < -0.39 is 0 Å². The lowest BCUT2D eigenvalue weighted by Gasteiger charge is -2.30. The molecule has 2 aliphatic rings. The number of amides is 1. The zero-order chi connectivity index (χ0) is 26.9. The van der Waals surface area contributed by atoms with Crippen molar-refractivity contribution in [3.05, 3.63) is 48.0 Å². The zero-order valence-corrected chi connectivity index (χ0v) is 21.7. The lowest BCUT2D eigenvalue weighted by atomic mass is 9.97. The Balaban J connectivity index is 1.18. The fourth-order valence-electron chi connectivity index (χ4n) is 4.89. The molecule has 4 heterocycles. The molecule has 1 amide bonds. The summed E-state index contributed by atoms with van der Waals surface area (Å²) in [4.78, 5) is 15.2. The van der Waals surface area contributed by atoms with Crippen LogP contribution in [-0.2, 0) is 0 Å². The van der Waals surface area contributed by atoms with E-state index in [1.165, 1.54) is 0 Å². The molecule has 202 valence electrons. The van der Waals surface area contributed by atoms with Crippen LogP contribution in [0, 0.1) is 0 Å². The molecule has 1 atom stereocenters. The highest BCUT2D eigenvalue weighted by Crippen LogP contribution is 2.41. The van der Waals surface area contributed by atoms with Crippen LogP contribution >= 0.6 is 0 Å². The third kappa shape index (κ3) is 4.58. The minimum absolute atomic E-state index is 0.0736. The number of benzene rings is 2. The number of piperidine rings is 1. The minimum Gasteiger partial charge on any atom is -0.493 e. The van der Waals surface area contributed by atoms with Gasteiger partial charge in [-0.05, 0) is 49.2 Å². The molecule has 6 rings (SSSR count). The zero-order valence-electron chi connectivity index (χ0n) is 21.7. The molecule has 12 nitrogen and oxygen atoms in total. The minimum atomic E-state index is -0.151. The molecule has 1 fully saturated rings. The summed E-state index contributed by atoms with van der Waals surface area (Å²) in [5, 5.41) is 15.8. The molecule has 2 aromatic carbocycles. The van der Waals surface area contributed by atoms with Crippen molar-refractivity contribution in [1.82, 2.24) is 25.3 Å². The third-order valence-corrected chi connectivity index (χ3v) is 6.89. The predicted octanol–water partition coefficient (Wildman–Crippen LogP) is 3.90. The van der Waals surface area contributed by atoms with Gasteiger partial charge in [0.2, 0.25) is 24.3 Å². The van der Waals surface area contributed by atoms with Gasteiger partial charge in [0.1, 0.15) is 5.69 Å². The summed E-state index contributed by atoms with van der Waals surface area (Å²) in [6.07, 6.45) is 1.65. The third-order valence-electron chi connectivity index (χ3n) is 6.89. The molecule has 1 saturated heterocycles. The second-order valence-electron chi connectivity index (χ2n) is 9.18. The first kappa shape index (κ1) is 24.6. The second kappa shape index (κ2) is 10.2. The fourth-order valence-corrected chi connectivity index (χ4v) is 4.89. The summed E-state index contributed by atoms with van der Waals surface area (Å²) in [7, 11) is 4.65. The van der Waals surface area contributed by atoms with Gasteiger partial charge in [0.15, 0.2) is 23.0 Å². The maximum Gasteiger partial charge on any atom is 0.271 e. The lowest BCUT2D eigenvalue weighted by molar-refractivity contribution is 0.0692. The number of rotatable bonds is 7. The van der Waals surface area contributed by atoms with Crippen molar-refractivity contribution in [3.63, 3.8) is 0 Å². The largest absolute Gasteiger partial charge is 0.493 e. The summed E-state index contributed by atoms with van der Waals surface area (Å²) in [6, 6.07) is 10.8. The number of aromatic nitrogens is 4. The van der Waals surface area contributed by atoms with Crippen LogP contribution in [0.3, 0.4) is 0 Å². The number of methoxy groups -OCH3 is 3. The van der Waals surface area contributed by atoms with E-state index in [9.17, 15) is 4.79 Å². The van der Waals surface area contributed by atoms with Gasteiger partial charge in [-0.3, -0.25) is 9.89 Å². The van der Waals surface area contributed by atoms with Crippen LogP contribution in [0.4, 0.5) is 0 Å². The first-order valence-corrected chi connectivity index (χ1v) is 12.5. The molecule has 2 aromatic heterocycles. The monoisotopic (exact) mass is 533 g/mol. The van der Waals surface area contributed by atoms with Crippen molar-refractivity contribution in [2.45, 2.75) is 18.8 Å². The van der Waals surface area contributed by atoms with Crippen LogP contribution in [0.15, 0.2) is 40.8 Å². The second-order valence-corrected chi connectivity index (χ2v) is 9.18. The fraction of sp³-hybridized carbons (Fsp3) is 0.333. The number of nitrogens with zero attached hydrogens (tertiary/aromatic N) is 4. The Bertz CT molecular complexity index is 1490. The standard InChI is InChI=1S/C27H27N5O7/c1-34-22-10-17(11-23(35-2)24(22)36-3)18-12-19(29-28-18)27(33)32-8-4-5-16(13-32)26-31-30-25(39-26)15-6-7-20-21(9-15)38-14-37-20/h6-7,9-12,16H,4-5,8,13-14H2,1-3H3,(H,28,29). The molecule has 0 radical (unpaired) electrons. The number of ether oxygens (including phenoxy) is 5. The Kier molecular flexibility index (Phi) is 6.43. The van der Waals surface area contributed by atoms with Gasteiger partial charge in [-0.25, -0.2) is 0 Å². The van der Waals surface area contributed by atoms with E-state index in [2.05, 4.69) is 20.4 Å². The van der Waals surface area contributed by atoms with E-state index in [-0.39, 0.29) is 18.6 Å².